The Balaban J connectivity index is 2.02. The van der Waals surface area contributed by atoms with Gasteiger partial charge in [-0.05, 0) is 31.1 Å². The van der Waals surface area contributed by atoms with Crippen molar-refractivity contribution >= 4 is 11.8 Å². The number of methoxy groups -OCH3 is 1. The first-order chi connectivity index (χ1) is 10.7. The third-order valence-electron chi connectivity index (χ3n) is 3.36. The van der Waals surface area contributed by atoms with Gasteiger partial charge < -0.3 is 14.2 Å². The average molecular weight is 304 g/mol. The highest BCUT2D eigenvalue weighted by molar-refractivity contribution is 5.92. The van der Waals surface area contributed by atoms with Crippen LogP contribution in [-0.2, 0) is 14.3 Å². The summed E-state index contributed by atoms with van der Waals surface area (Å²) >= 11 is 0. The van der Waals surface area contributed by atoms with Crippen molar-refractivity contribution < 1.29 is 23.8 Å². The van der Waals surface area contributed by atoms with Crippen LogP contribution in [0.3, 0.4) is 0 Å². The van der Waals surface area contributed by atoms with Gasteiger partial charge in [0.1, 0.15) is 17.4 Å². The van der Waals surface area contributed by atoms with E-state index in [2.05, 4.69) is 0 Å². The first-order valence-corrected chi connectivity index (χ1v) is 7.32. The number of ether oxygens (including phenoxy) is 3. The van der Waals surface area contributed by atoms with Crippen LogP contribution in [0.25, 0.3) is 0 Å². The van der Waals surface area contributed by atoms with Gasteiger partial charge in [0.15, 0.2) is 12.6 Å². The lowest BCUT2D eigenvalue weighted by atomic mass is 10.0. The van der Waals surface area contributed by atoms with Crippen molar-refractivity contribution in [2.75, 3.05) is 13.9 Å². The second kappa shape index (κ2) is 8.34. The van der Waals surface area contributed by atoms with Gasteiger partial charge in [0.2, 0.25) is 0 Å². The molecule has 0 bridgehead atoms. The standard InChI is InChI=1S/C17H20O5/c1-20-12-21-16-11-3-2-10-15(16)17(19)22-14-8-4-6-13(18)7-5-9-14/h2-4,6,10-11,14H,5,7-9,12H2,1H3/b6-4-. The summed E-state index contributed by atoms with van der Waals surface area (Å²) in [5.74, 6) is 0.144. The summed E-state index contributed by atoms with van der Waals surface area (Å²) in [7, 11) is 1.52. The van der Waals surface area contributed by atoms with E-state index in [1.807, 2.05) is 0 Å². The summed E-state index contributed by atoms with van der Waals surface area (Å²) in [5.41, 5.74) is 0.377. The lowest BCUT2D eigenvalue weighted by Gasteiger charge is -2.18. The topological polar surface area (TPSA) is 61.8 Å². The maximum atomic E-state index is 12.3. The molecular weight excluding hydrogens is 284 g/mol. The highest BCUT2D eigenvalue weighted by atomic mass is 16.7. The van der Waals surface area contributed by atoms with Crippen LogP contribution in [0.15, 0.2) is 36.4 Å². The molecule has 0 radical (unpaired) electrons. The van der Waals surface area contributed by atoms with E-state index in [-0.39, 0.29) is 18.7 Å². The number of allylic oxidation sites excluding steroid dienone is 1. The molecule has 0 saturated heterocycles. The fraction of sp³-hybridized carbons (Fsp3) is 0.412. The third kappa shape index (κ3) is 4.70. The van der Waals surface area contributed by atoms with E-state index in [1.54, 1.807) is 36.4 Å². The Hall–Kier alpha value is -2.14. The summed E-state index contributed by atoms with van der Waals surface area (Å²) in [6.07, 6.45) is 5.58. The van der Waals surface area contributed by atoms with E-state index in [4.69, 9.17) is 14.2 Å². The van der Waals surface area contributed by atoms with Crippen LogP contribution in [0, 0.1) is 0 Å². The predicted molar refractivity (Wildman–Crippen MR) is 80.8 cm³/mol. The zero-order valence-electron chi connectivity index (χ0n) is 12.6. The van der Waals surface area contributed by atoms with E-state index in [0.717, 1.165) is 6.42 Å². The molecule has 1 aromatic carbocycles. The molecule has 0 N–H and O–H groups in total. The average Bonchev–Trinajstić information content (AvgIpc) is 2.50. The fourth-order valence-electron chi connectivity index (χ4n) is 2.26. The molecule has 0 amide bonds. The van der Waals surface area contributed by atoms with E-state index < -0.39 is 5.97 Å². The van der Waals surface area contributed by atoms with Crippen molar-refractivity contribution in [2.45, 2.75) is 31.8 Å². The molecule has 118 valence electrons. The molecule has 22 heavy (non-hydrogen) atoms. The van der Waals surface area contributed by atoms with Crippen LogP contribution in [0.4, 0.5) is 0 Å². The van der Waals surface area contributed by atoms with Crippen LogP contribution in [-0.4, -0.2) is 31.8 Å². The first-order valence-electron chi connectivity index (χ1n) is 7.32. The lowest BCUT2D eigenvalue weighted by Crippen LogP contribution is -2.20. The number of carbonyl (C=O) groups excluding carboxylic acids is 2. The number of para-hydroxylation sites is 1. The number of ketones is 1. The van der Waals surface area contributed by atoms with Crippen LogP contribution < -0.4 is 4.74 Å². The quantitative estimate of drug-likeness (QED) is 0.618. The Kier molecular flexibility index (Phi) is 6.15. The Labute approximate surface area is 129 Å². The second-order valence-corrected chi connectivity index (χ2v) is 5.07. The number of hydrogen-bond acceptors (Lipinski definition) is 5. The molecule has 0 heterocycles. The van der Waals surface area contributed by atoms with Gasteiger partial charge in [-0.15, -0.1) is 0 Å². The maximum Gasteiger partial charge on any atom is 0.342 e. The molecule has 0 spiro atoms. The van der Waals surface area contributed by atoms with Gasteiger partial charge in [-0.3, -0.25) is 4.79 Å². The second-order valence-electron chi connectivity index (χ2n) is 5.07. The normalized spacial score (nSPS) is 19.9. The van der Waals surface area contributed by atoms with Gasteiger partial charge in [-0.1, -0.05) is 18.2 Å². The summed E-state index contributed by atoms with van der Waals surface area (Å²) < 4.78 is 15.8. The molecule has 0 saturated carbocycles. The van der Waals surface area contributed by atoms with Gasteiger partial charge in [-0.2, -0.15) is 0 Å². The summed E-state index contributed by atoms with van der Waals surface area (Å²) in [6, 6.07) is 6.90. The number of carbonyl (C=O) groups is 2. The Bertz CT molecular complexity index is 550. The Morgan fingerprint density at radius 3 is 2.95 bits per heavy atom. The zero-order chi connectivity index (χ0) is 15.8. The number of rotatable bonds is 5. The molecule has 1 atom stereocenters. The zero-order valence-corrected chi connectivity index (χ0v) is 12.6. The van der Waals surface area contributed by atoms with Gasteiger partial charge in [0, 0.05) is 20.0 Å². The van der Waals surface area contributed by atoms with E-state index in [0.29, 0.717) is 30.6 Å². The Morgan fingerprint density at radius 1 is 1.32 bits per heavy atom. The molecule has 5 heteroatoms. The number of hydrogen-bond donors (Lipinski definition) is 0. The van der Waals surface area contributed by atoms with Crippen LogP contribution in [0.1, 0.15) is 36.0 Å². The Morgan fingerprint density at radius 2 is 2.14 bits per heavy atom. The molecule has 1 aliphatic rings. The highest BCUT2D eigenvalue weighted by Gasteiger charge is 2.19. The summed E-state index contributed by atoms with van der Waals surface area (Å²) in [5, 5.41) is 0. The van der Waals surface area contributed by atoms with Crippen molar-refractivity contribution in [3.63, 3.8) is 0 Å². The molecule has 0 aromatic heterocycles. The predicted octanol–water partition coefficient (Wildman–Crippen LogP) is 2.89. The van der Waals surface area contributed by atoms with Gasteiger partial charge in [0.05, 0.1) is 0 Å². The monoisotopic (exact) mass is 304 g/mol. The van der Waals surface area contributed by atoms with Gasteiger partial charge in [0.25, 0.3) is 0 Å². The molecule has 1 unspecified atom stereocenters. The molecule has 1 aromatic rings. The van der Waals surface area contributed by atoms with Gasteiger partial charge in [-0.25, -0.2) is 4.79 Å². The fourth-order valence-corrected chi connectivity index (χ4v) is 2.26. The van der Waals surface area contributed by atoms with Gasteiger partial charge >= 0.3 is 5.97 Å². The number of esters is 1. The molecule has 2 rings (SSSR count). The van der Waals surface area contributed by atoms with Crippen LogP contribution in [0.5, 0.6) is 5.75 Å². The van der Waals surface area contributed by atoms with E-state index in [1.165, 1.54) is 7.11 Å². The summed E-state index contributed by atoms with van der Waals surface area (Å²) in [4.78, 5) is 23.6. The molecular formula is C17H20O5. The van der Waals surface area contributed by atoms with E-state index >= 15 is 0 Å². The van der Waals surface area contributed by atoms with Crippen molar-refractivity contribution in [1.82, 2.24) is 0 Å². The third-order valence-corrected chi connectivity index (χ3v) is 3.36. The molecule has 1 aliphatic carbocycles. The minimum atomic E-state index is -0.419. The van der Waals surface area contributed by atoms with Crippen LogP contribution in [0.2, 0.25) is 0 Å². The number of benzene rings is 1. The minimum Gasteiger partial charge on any atom is -0.467 e. The van der Waals surface area contributed by atoms with Crippen molar-refractivity contribution in [3.05, 3.63) is 42.0 Å². The highest BCUT2D eigenvalue weighted by Crippen LogP contribution is 2.22. The SMILES string of the molecule is COCOc1ccccc1C(=O)OC1C/C=C\C(=O)CCC1. The van der Waals surface area contributed by atoms with E-state index in [9.17, 15) is 9.59 Å². The minimum absolute atomic E-state index is 0.0680. The molecule has 5 nitrogen and oxygen atoms in total. The molecule has 0 fully saturated rings. The first kappa shape index (κ1) is 16.2. The maximum absolute atomic E-state index is 12.3. The van der Waals surface area contributed by atoms with Crippen molar-refractivity contribution in [3.8, 4) is 5.75 Å². The molecule has 0 aliphatic heterocycles. The summed E-state index contributed by atoms with van der Waals surface area (Å²) in [6.45, 7) is 0.0680. The van der Waals surface area contributed by atoms with Crippen molar-refractivity contribution in [1.29, 1.82) is 0 Å². The van der Waals surface area contributed by atoms with Crippen LogP contribution >= 0.6 is 0 Å². The van der Waals surface area contributed by atoms with Crippen molar-refractivity contribution in [2.24, 2.45) is 0 Å². The largest absolute Gasteiger partial charge is 0.467 e. The lowest BCUT2D eigenvalue weighted by molar-refractivity contribution is -0.114. The smallest absolute Gasteiger partial charge is 0.342 e.